The molecule has 0 aromatic heterocycles. The van der Waals surface area contributed by atoms with Gasteiger partial charge < -0.3 is 9.64 Å². The summed E-state index contributed by atoms with van der Waals surface area (Å²) in [4.78, 5) is 6.30. The third kappa shape index (κ3) is 3.22. The van der Waals surface area contributed by atoms with Gasteiger partial charge in [0.1, 0.15) is 11.0 Å². The number of benzene rings is 1. The number of aryl methyl sites for hydroxylation is 2. The van der Waals surface area contributed by atoms with E-state index in [-0.39, 0.29) is 16.4 Å². The van der Waals surface area contributed by atoms with Gasteiger partial charge in [0.05, 0.1) is 41.9 Å². The van der Waals surface area contributed by atoms with Gasteiger partial charge in [0, 0.05) is 6.54 Å². The second-order valence-electron chi connectivity index (χ2n) is 6.94. The summed E-state index contributed by atoms with van der Waals surface area (Å²) in [7, 11) is -5.73. The minimum Gasteiger partial charge on any atom is -0.496 e. The highest BCUT2D eigenvalue weighted by molar-refractivity contribution is 7.96. The van der Waals surface area contributed by atoms with E-state index in [1.165, 1.54) is 7.11 Å². The highest BCUT2D eigenvalue weighted by Crippen LogP contribution is 2.33. The van der Waals surface area contributed by atoms with E-state index in [9.17, 15) is 16.8 Å². The summed E-state index contributed by atoms with van der Waals surface area (Å²) >= 11 is 0. The van der Waals surface area contributed by atoms with Crippen molar-refractivity contribution in [2.45, 2.75) is 37.0 Å². The van der Waals surface area contributed by atoms with Crippen LogP contribution in [0.4, 0.5) is 0 Å². The van der Waals surface area contributed by atoms with E-state index in [1.54, 1.807) is 32.9 Å². The lowest BCUT2D eigenvalue weighted by molar-refractivity contribution is 0.360. The molecule has 2 aliphatic heterocycles. The molecule has 0 amide bonds. The van der Waals surface area contributed by atoms with Crippen LogP contribution in [0.3, 0.4) is 0 Å². The fourth-order valence-electron chi connectivity index (χ4n) is 3.81. The van der Waals surface area contributed by atoms with Crippen LogP contribution in [0.15, 0.2) is 22.0 Å². The number of aliphatic imine (C=N–C) groups is 1. The fourth-order valence-corrected chi connectivity index (χ4v) is 8.90. The zero-order chi connectivity index (χ0) is 19.3. The van der Waals surface area contributed by atoms with E-state index in [2.05, 4.69) is 4.99 Å². The molecule has 0 bridgehead atoms. The number of hydrogen-bond acceptors (Lipinski definition) is 7. The van der Waals surface area contributed by atoms with Crippen LogP contribution in [0.1, 0.15) is 18.1 Å². The first-order valence-electron chi connectivity index (χ1n) is 8.44. The molecule has 0 saturated carbocycles. The first-order chi connectivity index (χ1) is 12.1. The Morgan fingerprint density at radius 3 is 2.42 bits per heavy atom. The molecular weight excluding hydrogens is 376 g/mol. The van der Waals surface area contributed by atoms with Crippen molar-refractivity contribution in [3.05, 3.63) is 23.3 Å². The molecule has 1 aromatic carbocycles. The Balaban J connectivity index is 2.07. The van der Waals surface area contributed by atoms with Crippen molar-refractivity contribution in [2.75, 3.05) is 31.7 Å². The molecule has 144 valence electrons. The molecular formula is C17H24N2O5S2. The molecule has 3 rings (SSSR count). The normalized spacial score (nSPS) is 25.4. The summed E-state index contributed by atoms with van der Waals surface area (Å²) in [5.41, 5.74) is 1.26. The first kappa shape index (κ1) is 19.2. The Hall–Kier alpha value is -1.61. The van der Waals surface area contributed by atoms with Gasteiger partial charge in [0.15, 0.2) is 19.7 Å². The van der Waals surface area contributed by atoms with Gasteiger partial charge in [-0.15, -0.1) is 0 Å². The number of nitrogens with zero attached hydrogens (tertiary/aromatic N) is 2. The van der Waals surface area contributed by atoms with Crippen LogP contribution in [-0.2, 0) is 19.7 Å². The van der Waals surface area contributed by atoms with Crippen molar-refractivity contribution >= 4 is 25.5 Å². The summed E-state index contributed by atoms with van der Waals surface area (Å²) in [6.07, 6.45) is 0. The minimum atomic E-state index is -3.83. The maximum Gasteiger partial charge on any atom is 0.184 e. The van der Waals surface area contributed by atoms with Crippen molar-refractivity contribution in [2.24, 2.45) is 4.99 Å². The van der Waals surface area contributed by atoms with Gasteiger partial charge >= 0.3 is 0 Å². The Morgan fingerprint density at radius 2 is 1.85 bits per heavy atom. The summed E-state index contributed by atoms with van der Waals surface area (Å²) in [5, 5.41) is -0.998. The van der Waals surface area contributed by atoms with Gasteiger partial charge in [-0.2, -0.15) is 0 Å². The van der Waals surface area contributed by atoms with Crippen LogP contribution in [0.2, 0.25) is 0 Å². The number of rotatable bonds is 4. The third-order valence-corrected chi connectivity index (χ3v) is 9.43. The SMILES string of the molecule is COc1cc(C)c(S(=O)(=O)[C@H]2CS(=O)(=O)C[C@@H]2N2CCN=C2C)cc1C. The number of hydrogen-bond donors (Lipinski definition) is 0. The Kier molecular flexibility index (Phi) is 4.81. The number of amidine groups is 1. The van der Waals surface area contributed by atoms with E-state index in [0.717, 1.165) is 0 Å². The predicted octanol–water partition coefficient (Wildman–Crippen LogP) is 0.985. The van der Waals surface area contributed by atoms with Crippen molar-refractivity contribution in [1.29, 1.82) is 0 Å². The lowest BCUT2D eigenvalue weighted by atomic mass is 10.1. The zero-order valence-electron chi connectivity index (χ0n) is 15.4. The smallest absolute Gasteiger partial charge is 0.184 e. The highest BCUT2D eigenvalue weighted by Gasteiger charge is 2.49. The quantitative estimate of drug-likeness (QED) is 0.748. The van der Waals surface area contributed by atoms with Crippen LogP contribution in [0.25, 0.3) is 0 Å². The Morgan fingerprint density at radius 1 is 1.15 bits per heavy atom. The number of sulfone groups is 2. The molecule has 0 unspecified atom stereocenters. The van der Waals surface area contributed by atoms with Crippen molar-refractivity contribution in [1.82, 2.24) is 4.90 Å². The first-order valence-corrected chi connectivity index (χ1v) is 11.8. The summed E-state index contributed by atoms with van der Waals surface area (Å²) < 4.78 is 56.6. The highest BCUT2D eigenvalue weighted by atomic mass is 32.2. The van der Waals surface area contributed by atoms with Crippen LogP contribution in [-0.4, -0.2) is 70.6 Å². The van der Waals surface area contributed by atoms with Crippen LogP contribution in [0, 0.1) is 13.8 Å². The van der Waals surface area contributed by atoms with E-state index in [1.807, 2.05) is 4.90 Å². The predicted molar refractivity (Wildman–Crippen MR) is 101 cm³/mol. The molecule has 26 heavy (non-hydrogen) atoms. The molecule has 2 atom stereocenters. The Bertz CT molecular complexity index is 967. The average molecular weight is 401 g/mol. The maximum atomic E-state index is 13.4. The molecule has 0 radical (unpaired) electrons. The van der Waals surface area contributed by atoms with Gasteiger partial charge in [-0.3, -0.25) is 4.99 Å². The molecule has 1 fully saturated rings. The zero-order valence-corrected chi connectivity index (χ0v) is 17.0. The van der Waals surface area contributed by atoms with Gasteiger partial charge in [0.25, 0.3) is 0 Å². The number of ether oxygens (including phenoxy) is 1. The van der Waals surface area contributed by atoms with Gasteiger partial charge in [-0.1, -0.05) is 0 Å². The molecule has 2 heterocycles. The van der Waals surface area contributed by atoms with Crippen molar-refractivity contribution in [3.8, 4) is 5.75 Å². The van der Waals surface area contributed by atoms with Crippen LogP contribution >= 0.6 is 0 Å². The molecule has 7 nitrogen and oxygen atoms in total. The molecule has 0 spiro atoms. The summed E-state index contributed by atoms with van der Waals surface area (Å²) in [5.74, 6) is 0.807. The molecule has 0 aliphatic carbocycles. The summed E-state index contributed by atoms with van der Waals surface area (Å²) in [6.45, 7) is 6.40. The van der Waals surface area contributed by atoms with E-state index < -0.39 is 31.0 Å². The lowest BCUT2D eigenvalue weighted by Crippen LogP contribution is -2.47. The molecule has 1 saturated heterocycles. The molecule has 9 heteroatoms. The largest absolute Gasteiger partial charge is 0.496 e. The van der Waals surface area contributed by atoms with E-state index >= 15 is 0 Å². The fraction of sp³-hybridized carbons (Fsp3) is 0.588. The average Bonchev–Trinajstić information content (AvgIpc) is 3.11. The second-order valence-corrected chi connectivity index (χ2v) is 11.2. The topological polar surface area (TPSA) is 93.1 Å². The van der Waals surface area contributed by atoms with Crippen molar-refractivity contribution in [3.63, 3.8) is 0 Å². The van der Waals surface area contributed by atoms with Gasteiger partial charge in [-0.05, 0) is 44.0 Å². The standard InChI is InChI=1S/C17H24N2O5S2/c1-11-8-16(12(2)7-15(11)24-4)26(22,23)17-10-25(20,21)9-14(17)19-6-5-18-13(19)3/h7-8,14,17H,5-6,9-10H2,1-4H3/t14-,17-/m0/s1. The minimum absolute atomic E-state index is 0.155. The van der Waals surface area contributed by atoms with Crippen LogP contribution in [0.5, 0.6) is 5.75 Å². The lowest BCUT2D eigenvalue weighted by Gasteiger charge is -2.30. The molecule has 0 N–H and O–H groups in total. The molecule has 1 aromatic rings. The Labute approximate surface area is 154 Å². The van der Waals surface area contributed by atoms with Crippen molar-refractivity contribution < 1.29 is 21.6 Å². The second kappa shape index (κ2) is 6.53. The van der Waals surface area contributed by atoms with Crippen LogP contribution < -0.4 is 4.74 Å². The number of methoxy groups -OCH3 is 1. The third-order valence-electron chi connectivity index (χ3n) is 5.17. The van der Waals surface area contributed by atoms with E-state index in [0.29, 0.717) is 35.8 Å². The molecule has 2 aliphatic rings. The summed E-state index contributed by atoms with van der Waals surface area (Å²) in [6, 6.07) is 2.66. The monoisotopic (exact) mass is 400 g/mol. The van der Waals surface area contributed by atoms with Gasteiger partial charge in [0.2, 0.25) is 0 Å². The maximum absolute atomic E-state index is 13.4. The van der Waals surface area contributed by atoms with Gasteiger partial charge in [-0.25, -0.2) is 16.8 Å². The van der Waals surface area contributed by atoms with E-state index in [4.69, 9.17) is 4.74 Å².